The summed E-state index contributed by atoms with van der Waals surface area (Å²) in [5.41, 5.74) is 1.10. The van der Waals surface area contributed by atoms with Gasteiger partial charge < -0.3 is 9.47 Å². The highest BCUT2D eigenvalue weighted by molar-refractivity contribution is 14.1. The molecule has 13 heavy (non-hydrogen) atoms. The first-order chi connectivity index (χ1) is 6.27. The van der Waals surface area contributed by atoms with Crippen molar-refractivity contribution in [2.24, 2.45) is 0 Å². The van der Waals surface area contributed by atoms with Crippen LogP contribution in [0.25, 0.3) is 6.08 Å². The Hall–Kier alpha value is -0.710. The van der Waals surface area contributed by atoms with Gasteiger partial charge in [0.1, 0.15) is 5.75 Å². The van der Waals surface area contributed by atoms with Crippen LogP contribution in [0, 0.1) is 3.57 Å². The lowest BCUT2D eigenvalue weighted by molar-refractivity contribution is 0.341. The summed E-state index contributed by atoms with van der Waals surface area (Å²) >= 11 is 2.24. The summed E-state index contributed by atoms with van der Waals surface area (Å²) in [4.78, 5) is 0. The maximum Gasteiger partial charge on any atom is 0.132 e. The molecule has 0 spiro atoms. The van der Waals surface area contributed by atoms with Crippen LogP contribution in [0.2, 0.25) is 0 Å². The molecule has 0 aromatic heterocycles. The third-order valence-corrected chi connectivity index (χ3v) is 2.42. The van der Waals surface area contributed by atoms with E-state index in [9.17, 15) is 0 Å². The number of rotatable bonds is 3. The second kappa shape index (κ2) is 5.11. The van der Waals surface area contributed by atoms with E-state index in [4.69, 9.17) is 9.47 Å². The Labute approximate surface area is 91.7 Å². The van der Waals surface area contributed by atoms with Gasteiger partial charge in [-0.2, -0.15) is 0 Å². The average molecular weight is 290 g/mol. The van der Waals surface area contributed by atoms with Crippen molar-refractivity contribution < 1.29 is 9.47 Å². The maximum atomic E-state index is 5.14. The molecule has 0 saturated heterocycles. The van der Waals surface area contributed by atoms with Crippen LogP contribution in [-0.4, -0.2) is 14.2 Å². The van der Waals surface area contributed by atoms with Gasteiger partial charge in [0.15, 0.2) is 0 Å². The Bertz CT molecular complexity index is 308. The van der Waals surface area contributed by atoms with E-state index in [1.807, 2.05) is 24.3 Å². The van der Waals surface area contributed by atoms with Gasteiger partial charge >= 0.3 is 0 Å². The number of halogens is 1. The number of methoxy groups -OCH3 is 2. The van der Waals surface area contributed by atoms with E-state index in [-0.39, 0.29) is 0 Å². The van der Waals surface area contributed by atoms with Crippen LogP contribution in [0.5, 0.6) is 5.75 Å². The maximum absolute atomic E-state index is 5.14. The predicted octanol–water partition coefficient (Wildman–Crippen LogP) is 2.92. The van der Waals surface area contributed by atoms with Crippen LogP contribution in [-0.2, 0) is 4.74 Å². The lowest BCUT2D eigenvalue weighted by Gasteiger charge is -2.03. The monoisotopic (exact) mass is 290 g/mol. The van der Waals surface area contributed by atoms with E-state index >= 15 is 0 Å². The molecule has 1 aromatic carbocycles. The van der Waals surface area contributed by atoms with Crippen LogP contribution in [0.1, 0.15) is 5.56 Å². The smallest absolute Gasteiger partial charge is 0.132 e. The molecule has 0 fully saturated rings. The molecule has 70 valence electrons. The Morgan fingerprint density at radius 1 is 1.31 bits per heavy atom. The van der Waals surface area contributed by atoms with Gasteiger partial charge in [-0.1, -0.05) is 6.07 Å². The van der Waals surface area contributed by atoms with E-state index in [1.165, 1.54) is 0 Å². The predicted molar refractivity (Wildman–Crippen MR) is 61.8 cm³/mol. The molecule has 0 heterocycles. The molecule has 0 radical (unpaired) electrons. The molecular formula is C10H11IO2. The van der Waals surface area contributed by atoms with Gasteiger partial charge in [0.05, 0.1) is 24.1 Å². The zero-order chi connectivity index (χ0) is 9.68. The zero-order valence-corrected chi connectivity index (χ0v) is 9.74. The van der Waals surface area contributed by atoms with Crippen LogP contribution in [0.3, 0.4) is 0 Å². The average Bonchev–Trinajstić information content (AvgIpc) is 2.15. The van der Waals surface area contributed by atoms with E-state index in [0.717, 1.165) is 14.9 Å². The second-order valence-electron chi connectivity index (χ2n) is 2.43. The van der Waals surface area contributed by atoms with Gasteiger partial charge in [0, 0.05) is 0 Å². The summed E-state index contributed by atoms with van der Waals surface area (Å²) < 4.78 is 11.1. The van der Waals surface area contributed by atoms with E-state index in [2.05, 4.69) is 22.6 Å². The Morgan fingerprint density at radius 2 is 2.08 bits per heavy atom. The van der Waals surface area contributed by atoms with E-state index in [0.29, 0.717) is 0 Å². The standard InChI is InChI=1S/C10H11IO2/c1-12-6-5-8-3-4-10(13-2)9(11)7-8/h3-7H,1-2H3/b6-5+. The Morgan fingerprint density at radius 3 is 2.62 bits per heavy atom. The molecular weight excluding hydrogens is 279 g/mol. The van der Waals surface area contributed by atoms with Gasteiger partial charge in [-0.15, -0.1) is 0 Å². The third-order valence-electron chi connectivity index (χ3n) is 1.57. The normalized spacial score (nSPS) is 10.4. The quantitative estimate of drug-likeness (QED) is 0.629. The van der Waals surface area contributed by atoms with Crippen LogP contribution in [0.4, 0.5) is 0 Å². The summed E-state index contributed by atoms with van der Waals surface area (Å²) in [5.74, 6) is 0.898. The van der Waals surface area contributed by atoms with Gasteiger partial charge in [0.2, 0.25) is 0 Å². The lowest BCUT2D eigenvalue weighted by atomic mass is 10.2. The summed E-state index contributed by atoms with van der Waals surface area (Å²) in [6.07, 6.45) is 3.56. The number of ether oxygens (including phenoxy) is 2. The zero-order valence-electron chi connectivity index (χ0n) is 7.58. The summed E-state index contributed by atoms with van der Waals surface area (Å²) in [6.45, 7) is 0. The number of benzene rings is 1. The van der Waals surface area contributed by atoms with Crippen LogP contribution in [0.15, 0.2) is 24.5 Å². The highest BCUT2D eigenvalue weighted by atomic mass is 127. The van der Waals surface area contributed by atoms with Crippen molar-refractivity contribution in [3.05, 3.63) is 33.6 Å². The third kappa shape index (κ3) is 2.91. The molecule has 0 unspecified atom stereocenters. The topological polar surface area (TPSA) is 18.5 Å². The molecule has 0 aliphatic heterocycles. The fourth-order valence-corrected chi connectivity index (χ4v) is 1.69. The molecule has 3 heteroatoms. The van der Waals surface area contributed by atoms with Crippen molar-refractivity contribution in [3.8, 4) is 5.75 Å². The molecule has 0 atom stereocenters. The van der Waals surface area contributed by atoms with Crippen molar-refractivity contribution in [2.45, 2.75) is 0 Å². The van der Waals surface area contributed by atoms with Gasteiger partial charge in [0.25, 0.3) is 0 Å². The Balaban J connectivity index is 2.89. The van der Waals surface area contributed by atoms with Crippen molar-refractivity contribution in [3.63, 3.8) is 0 Å². The van der Waals surface area contributed by atoms with Crippen LogP contribution < -0.4 is 4.74 Å². The SMILES string of the molecule is CO/C=C/c1ccc(OC)c(I)c1. The molecule has 0 bridgehead atoms. The van der Waals surface area contributed by atoms with E-state index in [1.54, 1.807) is 20.5 Å². The van der Waals surface area contributed by atoms with Gasteiger partial charge in [-0.05, 0) is 46.4 Å². The van der Waals surface area contributed by atoms with Crippen molar-refractivity contribution in [1.82, 2.24) is 0 Å². The molecule has 0 amide bonds. The summed E-state index contributed by atoms with van der Waals surface area (Å²) in [6, 6.07) is 5.96. The first kappa shape index (κ1) is 10.4. The summed E-state index contributed by atoms with van der Waals surface area (Å²) in [5, 5.41) is 0. The minimum Gasteiger partial charge on any atom is -0.504 e. The first-order valence-electron chi connectivity index (χ1n) is 3.81. The minimum atomic E-state index is 0.898. The van der Waals surface area contributed by atoms with Crippen molar-refractivity contribution in [1.29, 1.82) is 0 Å². The van der Waals surface area contributed by atoms with E-state index < -0.39 is 0 Å². The highest BCUT2D eigenvalue weighted by Gasteiger charge is 1.98. The molecule has 0 aliphatic rings. The fourth-order valence-electron chi connectivity index (χ4n) is 0.933. The lowest BCUT2D eigenvalue weighted by Crippen LogP contribution is -1.86. The number of hydrogen-bond donors (Lipinski definition) is 0. The van der Waals surface area contributed by atoms with Crippen molar-refractivity contribution in [2.75, 3.05) is 14.2 Å². The molecule has 0 saturated carbocycles. The highest BCUT2D eigenvalue weighted by Crippen LogP contribution is 2.21. The molecule has 1 rings (SSSR count). The first-order valence-corrected chi connectivity index (χ1v) is 4.88. The van der Waals surface area contributed by atoms with Crippen molar-refractivity contribution >= 4 is 28.7 Å². The summed E-state index contributed by atoms with van der Waals surface area (Å²) in [7, 11) is 3.30. The molecule has 0 N–H and O–H groups in total. The Kier molecular flexibility index (Phi) is 4.08. The van der Waals surface area contributed by atoms with Gasteiger partial charge in [-0.3, -0.25) is 0 Å². The molecule has 1 aromatic rings. The molecule has 0 aliphatic carbocycles. The second-order valence-corrected chi connectivity index (χ2v) is 3.59. The fraction of sp³-hybridized carbons (Fsp3) is 0.200. The largest absolute Gasteiger partial charge is 0.504 e. The minimum absolute atomic E-state index is 0.898. The van der Waals surface area contributed by atoms with Crippen LogP contribution >= 0.6 is 22.6 Å². The molecule has 2 nitrogen and oxygen atoms in total. The number of hydrogen-bond acceptors (Lipinski definition) is 2. The van der Waals surface area contributed by atoms with Gasteiger partial charge in [-0.25, -0.2) is 0 Å².